The Labute approximate surface area is 165 Å². The maximum atomic E-state index is 12.9. The van der Waals surface area contributed by atoms with Crippen LogP contribution in [0.2, 0.25) is 0 Å². The second kappa shape index (κ2) is 8.28. The summed E-state index contributed by atoms with van der Waals surface area (Å²) in [6.45, 7) is 3.52. The second-order valence-corrected chi connectivity index (χ2v) is 6.95. The lowest BCUT2D eigenvalue weighted by Crippen LogP contribution is -2.30. The first-order valence-electron chi connectivity index (χ1n) is 8.75. The number of anilines is 2. The van der Waals surface area contributed by atoms with Gasteiger partial charge in [0.05, 0.1) is 36.5 Å². The van der Waals surface area contributed by atoms with Gasteiger partial charge < -0.3 is 10.4 Å². The van der Waals surface area contributed by atoms with Crippen molar-refractivity contribution in [2.75, 3.05) is 5.32 Å². The van der Waals surface area contributed by atoms with E-state index in [-0.39, 0.29) is 24.3 Å². The lowest BCUT2D eigenvalue weighted by atomic mass is 10.0. The summed E-state index contributed by atoms with van der Waals surface area (Å²) < 4.78 is 27.2. The zero-order valence-corrected chi connectivity index (χ0v) is 15.8. The minimum atomic E-state index is -2.59. The number of halogens is 2. The Kier molecular flexibility index (Phi) is 5.79. The molecule has 3 rings (SSSR count). The Balaban J connectivity index is 1.83. The van der Waals surface area contributed by atoms with Crippen molar-refractivity contribution in [3.8, 4) is 17.5 Å². The minimum Gasteiger partial charge on any atom is -0.387 e. The molecule has 0 fully saturated rings. The number of nitrogens with zero attached hydrogens (tertiary/aromatic N) is 6. The maximum absolute atomic E-state index is 12.9. The van der Waals surface area contributed by atoms with Gasteiger partial charge in [-0.25, -0.2) is 23.4 Å². The monoisotopic (exact) mass is 399 g/mol. The van der Waals surface area contributed by atoms with E-state index < -0.39 is 12.0 Å². The molecule has 0 aromatic carbocycles. The predicted octanol–water partition coefficient (Wildman–Crippen LogP) is 3.39. The average molecular weight is 399 g/mol. The zero-order chi connectivity index (χ0) is 21.0. The number of pyridine rings is 2. The number of aromatic nitrogens is 5. The van der Waals surface area contributed by atoms with Crippen LogP contribution in [0.3, 0.4) is 0 Å². The third-order valence-corrected chi connectivity index (χ3v) is 4.03. The number of aliphatic hydroxyl groups is 1. The van der Waals surface area contributed by atoms with Gasteiger partial charge in [0.1, 0.15) is 17.3 Å². The van der Waals surface area contributed by atoms with E-state index in [0.29, 0.717) is 17.2 Å². The van der Waals surface area contributed by atoms with Crippen LogP contribution in [0.1, 0.15) is 30.9 Å². The molecule has 2 N–H and O–H groups in total. The fourth-order valence-electron chi connectivity index (χ4n) is 2.71. The van der Waals surface area contributed by atoms with E-state index in [1.807, 2.05) is 13.0 Å². The molecule has 0 spiro atoms. The summed E-state index contributed by atoms with van der Waals surface area (Å²) in [6.07, 6.45) is 0.295. The van der Waals surface area contributed by atoms with Crippen LogP contribution >= 0.6 is 0 Å². The molecule has 0 amide bonds. The summed E-state index contributed by atoms with van der Waals surface area (Å²) in [6, 6.07) is 8.00. The Morgan fingerprint density at radius 3 is 2.79 bits per heavy atom. The molecule has 8 nitrogen and oxygen atoms in total. The third-order valence-electron chi connectivity index (χ3n) is 4.03. The molecule has 0 radical (unpaired) electrons. The Bertz CT molecular complexity index is 1040. The fourth-order valence-corrected chi connectivity index (χ4v) is 2.71. The van der Waals surface area contributed by atoms with Crippen LogP contribution < -0.4 is 5.32 Å². The van der Waals surface area contributed by atoms with Gasteiger partial charge in [-0.15, -0.1) is 5.10 Å². The molecule has 0 saturated carbocycles. The summed E-state index contributed by atoms with van der Waals surface area (Å²) in [4.78, 5) is 8.49. The van der Waals surface area contributed by atoms with Crippen molar-refractivity contribution in [3.63, 3.8) is 0 Å². The Morgan fingerprint density at radius 1 is 1.28 bits per heavy atom. The highest BCUT2D eigenvalue weighted by atomic mass is 19.3. The molecule has 0 bridgehead atoms. The Morgan fingerprint density at radius 2 is 2.07 bits per heavy atom. The van der Waals surface area contributed by atoms with Gasteiger partial charge in [0.15, 0.2) is 0 Å². The smallest absolute Gasteiger partial charge is 0.264 e. The molecule has 1 atom stereocenters. The summed E-state index contributed by atoms with van der Waals surface area (Å²) >= 11 is 0. The molecule has 3 heterocycles. The normalized spacial score (nSPS) is 13.1. The summed E-state index contributed by atoms with van der Waals surface area (Å²) in [5, 5.41) is 29.9. The molecular formula is C19H19F2N7O. The first-order chi connectivity index (χ1) is 13.8. The molecule has 3 aromatic rings. The minimum absolute atomic E-state index is 0.0381. The van der Waals surface area contributed by atoms with Gasteiger partial charge in [-0.3, -0.25) is 0 Å². The number of hydrogen-bond acceptors (Lipinski definition) is 7. The first kappa shape index (κ1) is 20.3. The molecule has 0 aliphatic rings. The van der Waals surface area contributed by atoms with E-state index in [0.717, 1.165) is 5.56 Å². The summed E-state index contributed by atoms with van der Waals surface area (Å²) in [7, 11) is 0. The maximum Gasteiger partial charge on any atom is 0.264 e. The van der Waals surface area contributed by atoms with Crippen molar-refractivity contribution >= 4 is 11.6 Å². The highest BCUT2D eigenvalue weighted by Crippen LogP contribution is 2.24. The van der Waals surface area contributed by atoms with Crippen molar-refractivity contribution in [3.05, 3.63) is 47.8 Å². The van der Waals surface area contributed by atoms with Gasteiger partial charge in [0, 0.05) is 11.8 Å². The molecule has 0 saturated heterocycles. The highest BCUT2D eigenvalue weighted by Gasteiger charge is 2.22. The molecular weight excluding hydrogens is 380 g/mol. The van der Waals surface area contributed by atoms with E-state index in [2.05, 4.69) is 25.6 Å². The number of nitriles is 1. The topological polar surface area (TPSA) is 113 Å². The van der Waals surface area contributed by atoms with Crippen LogP contribution in [-0.4, -0.2) is 35.7 Å². The van der Waals surface area contributed by atoms with Crippen LogP contribution in [-0.2, 0) is 6.54 Å². The van der Waals surface area contributed by atoms with Crippen molar-refractivity contribution in [2.24, 2.45) is 0 Å². The molecule has 10 heteroatoms. The number of rotatable bonds is 7. The van der Waals surface area contributed by atoms with Gasteiger partial charge in [-0.1, -0.05) is 5.21 Å². The van der Waals surface area contributed by atoms with E-state index in [4.69, 9.17) is 5.26 Å². The van der Waals surface area contributed by atoms with Crippen molar-refractivity contribution in [1.82, 2.24) is 25.0 Å². The van der Waals surface area contributed by atoms with Gasteiger partial charge in [-0.2, -0.15) is 5.26 Å². The van der Waals surface area contributed by atoms with Gasteiger partial charge in [-0.05, 0) is 43.7 Å². The number of alkyl halides is 2. The van der Waals surface area contributed by atoms with Crippen molar-refractivity contribution < 1.29 is 13.9 Å². The van der Waals surface area contributed by atoms with Gasteiger partial charge >= 0.3 is 0 Å². The fraction of sp³-hybridized carbons (Fsp3) is 0.316. The summed E-state index contributed by atoms with van der Waals surface area (Å²) in [5.74, 6) is 0.674. The van der Waals surface area contributed by atoms with Gasteiger partial charge in [0.2, 0.25) is 0 Å². The SMILES string of the molecule is Cc1cc(Nc2cc(C(F)F)ccn2)nc(-c2cn(C[C@](C)(O)CC#N)nn2)c1. The largest absolute Gasteiger partial charge is 0.387 e. The lowest BCUT2D eigenvalue weighted by Gasteiger charge is -2.18. The average Bonchev–Trinajstić information content (AvgIpc) is 3.09. The lowest BCUT2D eigenvalue weighted by molar-refractivity contribution is 0.0424. The molecule has 150 valence electrons. The summed E-state index contributed by atoms with van der Waals surface area (Å²) in [5.41, 5.74) is 0.493. The van der Waals surface area contributed by atoms with E-state index in [9.17, 15) is 13.9 Å². The van der Waals surface area contributed by atoms with Crippen molar-refractivity contribution in [2.45, 2.75) is 38.8 Å². The van der Waals surface area contributed by atoms with Crippen LogP contribution in [0, 0.1) is 18.3 Å². The van der Waals surface area contributed by atoms with Crippen molar-refractivity contribution in [1.29, 1.82) is 5.26 Å². The number of nitrogens with one attached hydrogen (secondary N) is 1. The van der Waals surface area contributed by atoms with E-state index in [1.165, 1.54) is 23.0 Å². The molecule has 29 heavy (non-hydrogen) atoms. The van der Waals surface area contributed by atoms with Crippen LogP contribution in [0.25, 0.3) is 11.4 Å². The third kappa shape index (κ3) is 5.30. The molecule has 0 unspecified atom stereocenters. The molecule has 0 aliphatic heterocycles. The van der Waals surface area contributed by atoms with E-state index >= 15 is 0 Å². The van der Waals surface area contributed by atoms with Crippen LogP contribution in [0.4, 0.5) is 20.4 Å². The van der Waals surface area contributed by atoms with Crippen LogP contribution in [0.5, 0.6) is 0 Å². The quantitative estimate of drug-likeness (QED) is 0.626. The highest BCUT2D eigenvalue weighted by molar-refractivity contribution is 5.61. The van der Waals surface area contributed by atoms with Crippen LogP contribution in [0.15, 0.2) is 36.7 Å². The first-order valence-corrected chi connectivity index (χ1v) is 8.75. The molecule has 3 aromatic heterocycles. The standard InChI is InChI=1S/C19H19F2N7O/c1-12-7-14(15-10-28(27-26-15)11-19(2,29)4-5-22)24-17(8-12)25-16-9-13(18(20)21)3-6-23-16/h3,6-10,18,29H,4,11H2,1-2H3,(H,23,24,25)/t19-/m1/s1. The zero-order valence-electron chi connectivity index (χ0n) is 15.8. The van der Waals surface area contributed by atoms with Gasteiger partial charge in [0.25, 0.3) is 6.43 Å². The molecule has 0 aliphatic carbocycles. The predicted molar refractivity (Wildman–Crippen MR) is 101 cm³/mol. The van der Waals surface area contributed by atoms with E-state index in [1.54, 1.807) is 25.3 Å². The number of hydrogen-bond donors (Lipinski definition) is 2. The second-order valence-electron chi connectivity index (χ2n) is 6.95. The Hall–Kier alpha value is -3.45. The number of aryl methyl sites for hydroxylation is 1.